The lowest BCUT2D eigenvalue weighted by Gasteiger charge is -2.07. The Labute approximate surface area is 108 Å². The van der Waals surface area contributed by atoms with E-state index in [4.69, 9.17) is 23.2 Å². The van der Waals surface area contributed by atoms with Crippen molar-refractivity contribution in [2.24, 2.45) is 0 Å². The molecule has 2 rings (SSSR count). The van der Waals surface area contributed by atoms with Crippen molar-refractivity contribution in [2.75, 3.05) is 0 Å². The first kappa shape index (κ1) is 11.8. The summed E-state index contributed by atoms with van der Waals surface area (Å²) >= 11 is 14.0. The van der Waals surface area contributed by atoms with Crippen LogP contribution in [0.1, 0.15) is 20.8 Å². The number of nitrogens with zero attached hydrogens (tertiary/aromatic N) is 2. The van der Waals surface area contributed by atoms with Crippen LogP contribution in [0.15, 0.2) is 24.7 Å². The van der Waals surface area contributed by atoms with E-state index in [9.17, 15) is 0 Å². The second-order valence-corrected chi connectivity index (χ2v) is 5.62. The highest BCUT2D eigenvalue weighted by atomic mass is 35.5. The molecule has 16 heavy (non-hydrogen) atoms. The lowest BCUT2D eigenvalue weighted by Crippen LogP contribution is -1.94. The smallest absolute Gasteiger partial charge is 0.0897 e. The van der Waals surface area contributed by atoms with Gasteiger partial charge in [0.15, 0.2) is 0 Å². The molecule has 1 atom stereocenters. The van der Waals surface area contributed by atoms with E-state index in [2.05, 4.69) is 9.97 Å². The summed E-state index contributed by atoms with van der Waals surface area (Å²) in [5.41, 5.74) is 1.02. The summed E-state index contributed by atoms with van der Waals surface area (Å²) in [4.78, 5) is 9.21. The third kappa shape index (κ3) is 2.73. The summed E-state index contributed by atoms with van der Waals surface area (Å²) in [5.74, 6) is 0. The van der Waals surface area contributed by atoms with E-state index in [0.29, 0.717) is 11.4 Å². The molecule has 0 aliphatic carbocycles. The van der Waals surface area contributed by atoms with Gasteiger partial charge in [-0.25, -0.2) is 4.98 Å². The summed E-state index contributed by atoms with van der Waals surface area (Å²) in [6.45, 7) is 1.97. The zero-order valence-electron chi connectivity index (χ0n) is 8.65. The van der Waals surface area contributed by atoms with Gasteiger partial charge >= 0.3 is 0 Å². The van der Waals surface area contributed by atoms with E-state index < -0.39 is 0 Å². The van der Waals surface area contributed by atoms with Crippen LogP contribution in [0.3, 0.4) is 0 Å². The van der Waals surface area contributed by atoms with Gasteiger partial charge in [-0.2, -0.15) is 0 Å². The molecule has 0 N–H and O–H groups in total. The van der Waals surface area contributed by atoms with Gasteiger partial charge in [-0.15, -0.1) is 22.9 Å². The third-order valence-corrected chi connectivity index (χ3v) is 4.09. The van der Waals surface area contributed by atoms with Gasteiger partial charge in [0.25, 0.3) is 0 Å². The Morgan fingerprint density at radius 1 is 1.44 bits per heavy atom. The second kappa shape index (κ2) is 5.13. The highest BCUT2D eigenvalue weighted by Gasteiger charge is 2.13. The molecule has 0 aromatic carbocycles. The fourth-order valence-corrected chi connectivity index (χ4v) is 2.70. The number of hydrogen-bond acceptors (Lipinski definition) is 3. The number of alkyl halides is 1. The van der Waals surface area contributed by atoms with E-state index in [1.165, 1.54) is 0 Å². The largest absolute Gasteiger partial charge is 0.263 e. The number of pyridine rings is 1. The topological polar surface area (TPSA) is 25.8 Å². The molecule has 2 aromatic rings. The minimum atomic E-state index is -0.0777. The second-order valence-electron chi connectivity index (χ2n) is 3.42. The van der Waals surface area contributed by atoms with E-state index in [1.807, 2.05) is 19.2 Å². The number of halogens is 2. The molecule has 0 saturated carbocycles. The lowest BCUT2D eigenvalue weighted by molar-refractivity contribution is 0.932. The van der Waals surface area contributed by atoms with E-state index in [-0.39, 0.29) is 5.38 Å². The van der Waals surface area contributed by atoms with Crippen LogP contribution in [0.25, 0.3) is 0 Å². The molecule has 2 nitrogen and oxygen atoms in total. The number of aryl methyl sites for hydroxylation is 1. The predicted octanol–water partition coefficient (Wildman–Crippen LogP) is 4.02. The minimum Gasteiger partial charge on any atom is -0.263 e. The Bertz CT molecular complexity index is 484. The summed E-state index contributed by atoms with van der Waals surface area (Å²) < 4.78 is 0. The van der Waals surface area contributed by atoms with Crippen LogP contribution in [0, 0.1) is 6.92 Å². The molecule has 0 aliphatic rings. The molecule has 0 bridgehead atoms. The standard InChI is InChI=1S/C11H10Cl2N2S/c1-7-15-6-11(16-7)9(12)4-8-2-3-14-5-10(8)13/h2-3,5-6,9H,4H2,1H3. The number of rotatable bonds is 3. The molecule has 5 heteroatoms. The maximum Gasteiger partial charge on any atom is 0.0897 e. The van der Waals surface area contributed by atoms with Gasteiger partial charge in [0.2, 0.25) is 0 Å². The third-order valence-electron chi connectivity index (χ3n) is 2.20. The fraction of sp³-hybridized carbons (Fsp3) is 0.273. The average Bonchev–Trinajstić information content (AvgIpc) is 2.68. The summed E-state index contributed by atoms with van der Waals surface area (Å²) in [6.07, 6.45) is 5.89. The van der Waals surface area contributed by atoms with E-state index in [0.717, 1.165) is 15.4 Å². The molecule has 2 aromatic heterocycles. The zero-order valence-corrected chi connectivity index (χ0v) is 11.0. The SMILES string of the molecule is Cc1ncc(C(Cl)Cc2ccncc2Cl)s1. The molecule has 0 saturated heterocycles. The summed E-state index contributed by atoms with van der Waals surface area (Å²) in [7, 11) is 0. The Morgan fingerprint density at radius 2 is 2.25 bits per heavy atom. The zero-order chi connectivity index (χ0) is 11.5. The first-order valence-electron chi connectivity index (χ1n) is 4.81. The molecule has 0 amide bonds. The van der Waals surface area contributed by atoms with Crippen LogP contribution < -0.4 is 0 Å². The van der Waals surface area contributed by atoms with Gasteiger partial charge in [0.05, 0.1) is 15.4 Å². The Kier molecular flexibility index (Phi) is 3.79. The van der Waals surface area contributed by atoms with Crippen LogP contribution in [0.2, 0.25) is 5.02 Å². The quantitative estimate of drug-likeness (QED) is 0.789. The molecule has 0 radical (unpaired) electrons. The molecular weight excluding hydrogens is 263 g/mol. The first-order chi connectivity index (χ1) is 7.66. The first-order valence-corrected chi connectivity index (χ1v) is 6.44. The van der Waals surface area contributed by atoms with Crippen molar-refractivity contribution in [1.82, 2.24) is 9.97 Å². The Morgan fingerprint density at radius 3 is 2.88 bits per heavy atom. The van der Waals surface area contributed by atoms with Crippen molar-refractivity contribution in [3.8, 4) is 0 Å². The van der Waals surface area contributed by atoms with Gasteiger partial charge in [0.1, 0.15) is 0 Å². The van der Waals surface area contributed by atoms with Crippen LogP contribution in [-0.2, 0) is 6.42 Å². The lowest BCUT2D eigenvalue weighted by atomic mass is 10.1. The van der Waals surface area contributed by atoms with Crippen molar-refractivity contribution in [3.05, 3.63) is 45.1 Å². The molecule has 2 heterocycles. The molecule has 0 spiro atoms. The summed E-state index contributed by atoms with van der Waals surface area (Å²) in [6, 6.07) is 1.89. The van der Waals surface area contributed by atoms with Crippen LogP contribution >= 0.6 is 34.5 Å². The van der Waals surface area contributed by atoms with Gasteiger partial charge in [-0.3, -0.25) is 4.98 Å². The maximum absolute atomic E-state index is 6.32. The van der Waals surface area contributed by atoms with Crippen molar-refractivity contribution in [2.45, 2.75) is 18.7 Å². The predicted molar refractivity (Wildman–Crippen MR) is 68.4 cm³/mol. The molecule has 0 aliphatic heterocycles. The van der Waals surface area contributed by atoms with Crippen molar-refractivity contribution in [3.63, 3.8) is 0 Å². The minimum absolute atomic E-state index is 0.0777. The van der Waals surface area contributed by atoms with Crippen LogP contribution in [0.5, 0.6) is 0 Å². The van der Waals surface area contributed by atoms with E-state index >= 15 is 0 Å². The van der Waals surface area contributed by atoms with Crippen LogP contribution in [0.4, 0.5) is 0 Å². The molecular formula is C11H10Cl2N2S. The maximum atomic E-state index is 6.32. The number of thiazole rings is 1. The monoisotopic (exact) mass is 272 g/mol. The normalized spacial score (nSPS) is 12.7. The van der Waals surface area contributed by atoms with Crippen molar-refractivity contribution in [1.29, 1.82) is 0 Å². The van der Waals surface area contributed by atoms with Gasteiger partial charge in [-0.1, -0.05) is 11.6 Å². The average molecular weight is 273 g/mol. The van der Waals surface area contributed by atoms with Crippen LogP contribution in [-0.4, -0.2) is 9.97 Å². The number of aromatic nitrogens is 2. The number of hydrogen-bond donors (Lipinski definition) is 0. The van der Waals surface area contributed by atoms with Gasteiger partial charge in [-0.05, 0) is 25.0 Å². The Balaban J connectivity index is 2.13. The highest BCUT2D eigenvalue weighted by Crippen LogP contribution is 2.30. The van der Waals surface area contributed by atoms with E-state index in [1.54, 1.807) is 23.7 Å². The Hall–Kier alpha value is -0.640. The molecule has 0 fully saturated rings. The summed E-state index contributed by atoms with van der Waals surface area (Å²) in [5, 5.41) is 1.61. The fourth-order valence-electron chi connectivity index (χ4n) is 1.39. The van der Waals surface area contributed by atoms with Gasteiger partial charge < -0.3 is 0 Å². The van der Waals surface area contributed by atoms with Crippen molar-refractivity contribution >= 4 is 34.5 Å². The molecule has 84 valence electrons. The highest BCUT2D eigenvalue weighted by molar-refractivity contribution is 7.11. The van der Waals surface area contributed by atoms with Crippen molar-refractivity contribution < 1.29 is 0 Å². The van der Waals surface area contributed by atoms with Gasteiger partial charge in [0, 0.05) is 23.5 Å². The molecule has 1 unspecified atom stereocenters.